The Morgan fingerprint density at radius 1 is 1.06 bits per heavy atom. The molecule has 0 atom stereocenters. The highest BCUT2D eigenvalue weighted by molar-refractivity contribution is 8.18. The Labute approximate surface area is 207 Å². The van der Waals surface area contributed by atoms with Gasteiger partial charge in [0.2, 0.25) is 0 Å². The second-order valence-corrected chi connectivity index (χ2v) is 8.79. The topological polar surface area (TPSA) is 68.1 Å². The van der Waals surface area contributed by atoms with Crippen LogP contribution in [0.2, 0.25) is 0 Å². The van der Waals surface area contributed by atoms with Gasteiger partial charge >= 0.3 is 5.97 Å². The number of aliphatic hydroxyl groups is 1. The molecule has 0 spiro atoms. The van der Waals surface area contributed by atoms with Crippen molar-refractivity contribution in [3.63, 3.8) is 0 Å². The summed E-state index contributed by atoms with van der Waals surface area (Å²) in [5, 5.41) is 11.3. The summed E-state index contributed by atoms with van der Waals surface area (Å²) >= 11 is 1.19. The molecule has 178 valence electrons. The molecule has 0 saturated heterocycles. The first-order valence-corrected chi connectivity index (χ1v) is 11.9. The highest BCUT2D eigenvalue weighted by Crippen LogP contribution is 2.41. The van der Waals surface area contributed by atoms with E-state index in [0.717, 1.165) is 11.1 Å². The van der Waals surface area contributed by atoms with Gasteiger partial charge in [0.15, 0.2) is 0 Å². The molecule has 5 nitrogen and oxygen atoms in total. The van der Waals surface area contributed by atoms with Crippen molar-refractivity contribution >= 4 is 34.5 Å². The van der Waals surface area contributed by atoms with Crippen molar-refractivity contribution in [2.75, 3.05) is 6.61 Å². The lowest BCUT2D eigenvalue weighted by Gasteiger charge is -2.10. The monoisotopic (exact) mass is 489 g/mol. The zero-order valence-electron chi connectivity index (χ0n) is 19.3. The molecule has 1 aliphatic heterocycles. The van der Waals surface area contributed by atoms with Crippen molar-refractivity contribution < 1.29 is 23.8 Å². The van der Waals surface area contributed by atoms with E-state index in [0.29, 0.717) is 26.9 Å². The van der Waals surface area contributed by atoms with Crippen LogP contribution in [0.3, 0.4) is 0 Å². The van der Waals surface area contributed by atoms with Gasteiger partial charge in [-0.15, -0.1) is 0 Å². The third-order valence-corrected chi connectivity index (χ3v) is 6.17. The molecule has 1 N–H and O–H groups in total. The molecular weight excluding hydrogens is 465 g/mol. The number of esters is 1. The third kappa shape index (κ3) is 6.00. The van der Waals surface area contributed by atoms with Gasteiger partial charge in [-0.2, -0.15) is 0 Å². The average molecular weight is 490 g/mol. The zero-order chi connectivity index (χ0) is 24.8. The van der Waals surface area contributed by atoms with E-state index >= 15 is 0 Å². The van der Waals surface area contributed by atoms with Crippen molar-refractivity contribution in [2.24, 2.45) is 4.99 Å². The van der Waals surface area contributed by atoms with Crippen LogP contribution in [0.1, 0.15) is 23.6 Å². The number of ether oxygens (including phenoxy) is 2. The molecule has 0 radical (unpaired) electrons. The fourth-order valence-electron chi connectivity index (χ4n) is 3.34. The van der Waals surface area contributed by atoms with Gasteiger partial charge in [0.25, 0.3) is 0 Å². The average Bonchev–Trinajstić information content (AvgIpc) is 3.15. The molecule has 3 aromatic carbocycles. The first-order valence-electron chi connectivity index (χ1n) is 11.1. The lowest BCUT2D eigenvalue weighted by molar-refractivity contribution is -0.138. The number of hydrogen-bond donors (Lipinski definition) is 1. The molecule has 4 rings (SSSR count). The number of halogens is 1. The molecule has 35 heavy (non-hydrogen) atoms. The van der Waals surface area contributed by atoms with Crippen LogP contribution in [0.4, 0.5) is 10.1 Å². The number of thioether (sulfide) groups is 1. The minimum atomic E-state index is -0.632. The molecule has 0 amide bonds. The standard InChI is InChI=1S/C28H24FNO4S/c1-3-33-28(32)25-26(31)24(35-27(25)30-22-14-8-18(2)9-15-22)16-20-6-4-5-7-23(20)34-17-19-10-12-21(29)13-11-19/h4-16,31H,3,17H2,1-2H3/b24-16+,30-27?. The summed E-state index contributed by atoms with van der Waals surface area (Å²) in [6.45, 7) is 4.12. The summed E-state index contributed by atoms with van der Waals surface area (Å²) in [6.07, 6.45) is 1.75. The SMILES string of the molecule is CCOC(=O)C1=C(O)/C(=C\c2ccccc2OCc2ccc(F)cc2)SC1=Nc1ccc(C)cc1. The lowest BCUT2D eigenvalue weighted by Crippen LogP contribution is -2.12. The van der Waals surface area contributed by atoms with E-state index < -0.39 is 5.97 Å². The minimum absolute atomic E-state index is 0.0355. The van der Waals surface area contributed by atoms with E-state index in [4.69, 9.17) is 9.47 Å². The maximum absolute atomic E-state index is 13.2. The van der Waals surface area contributed by atoms with E-state index in [2.05, 4.69) is 4.99 Å². The van der Waals surface area contributed by atoms with Crippen molar-refractivity contribution in [1.29, 1.82) is 0 Å². The molecule has 0 saturated carbocycles. The van der Waals surface area contributed by atoms with Crippen LogP contribution in [-0.4, -0.2) is 22.7 Å². The lowest BCUT2D eigenvalue weighted by atomic mass is 10.1. The summed E-state index contributed by atoms with van der Waals surface area (Å²) in [5.41, 5.74) is 3.33. The fourth-order valence-corrected chi connectivity index (χ4v) is 4.37. The Hall–Kier alpha value is -3.84. The number of nitrogens with zero attached hydrogens (tertiary/aromatic N) is 1. The van der Waals surface area contributed by atoms with Crippen LogP contribution in [0.5, 0.6) is 5.75 Å². The quantitative estimate of drug-likeness (QED) is 0.365. The number of aryl methyl sites for hydroxylation is 1. The van der Waals surface area contributed by atoms with Crippen LogP contribution in [0.25, 0.3) is 6.08 Å². The normalized spacial score (nSPS) is 15.6. The van der Waals surface area contributed by atoms with E-state index in [1.165, 1.54) is 23.9 Å². The number of para-hydroxylation sites is 1. The van der Waals surface area contributed by atoms with Gasteiger partial charge in [-0.1, -0.05) is 59.8 Å². The molecule has 1 aliphatic rings. The van der Waals surface area contributed by atoms with Gasteiger partial charge in [-0.05, 0) is 55.8 Å². The maximum atomic E-state index is 13.2. The molecular formula is C28H24FNO4S. The van der Waals surface area contributed by atoms with E-state index in [1.54, 1.807) is 25.1 Å². The highest BCUT2D eigenvalue weighted by atomic mass is 32.2. The molecule has 0 fully saturated rings. The largest absolute Gasteiger partial charge is 0.506 e. The first-order chi connectivity index (χ1) is 16.9. The van der Waals surface area contributed by atoms with Gasteiger partial charge in [0.05, 0.1) is 17.2 Å². The number of aliphatic hydroxyl groups excluding tert-OH is 1. The van der Waals surface area contributed by atoms with Crippen LogP contribution in [0, 0.1) is 12.7 Å². The number of rotatable bonds is 7. The van der Waals surface area contributed by atoms with Gasteiger partial charge in [-0.25, -0.2) is 14.2 Å². The van der Waals surface area contributed by atoms with E-state index in [-0.39, 0.29) is 30.4 Å². The van der Waals surface area contributed by atoms with Crippen molar-refractivity contribution in [2.45, 2.75) is 20.5 Å². The van der Waals surface area contributed by atoms with Gasteiger partial charge in [0, 0.05) is 5.56 Å². The number of aliphatic imine (C=N–C) groups is 1. The zero-order valence-corrected chi connectivity index (χ0v) is 20.1. The fraction of sp³-hybridized carbons (Fsp3) is 0.143. The molecule has 0 bridgehead atoms. The number of carbonyl (C=O) groups is 1. The van der Waals surface area contributed by atoms with Crippen LogP contribution in [0.15, 0.2) is 94.0 Å². The molecule has 7 heteroatoms. The Kier molecular flexibility index (Phi) is 7.67. The minimum Gasteiger partial charge on any atom is -0.506 e. The third-order valence-electron chi connectivity index (χ3n) is 5.15. The van der Waals surface area contributed by atoms with Gasteiger partial charge in [0.1, 0.15) is 34.5 Å². The highest BCUT2D eigenvalue weighted by Gasteiger charge is 2.33. The molecule has 1 heterocycles. The molecule has 0 aromatic heterocycles. The smallest absolute Gasteiger partial charge is 0.344 e. The maximum Gasteiger partial charge on any atom is 0.344 e. The summed E-state index contributed by atoms with van der Waals surface area (Å²) in [4.78, 5) is 17.7. The number of hydrogen-bond acceptors (Lipinski definition) is 6. The van der Waals surface area contributed by atoms with Crippen molar-refractivity contribution in [1.82, 2.24) is 0 Å². The number of benzene rings is 3. The van der Waals surface area contributed by atoms with E-state index in [9.17, 15) is 14.3 Å². The first kappa shape index (κ1) is 24.3. The van der Waals surface area contributed by atoms with Crippen LogP contribution < -0.4 is 4.74 Å². The van der Waals surface area contributed by atoms with Crippen LogP contribution >= 0.6 is 11.8 Å². The molecule has 0 aliphatic carbocycles. The summed E-state index contributed by atoms with van der Waals surface area (Å²) in [5.74, 6) is -0.542. The second kappa shape index (κ2) is 11.1. The number of carbonyl (C=O) groups excluding carboxylic acids is 1. The Morgan fingerprint density at radius 3 is 2.49 bits per heavy atom. The molecule has 0 unspecified atom stereocenters. The molecule has 3 aromatic rings. The van der Waals surface area contributed by atoms with Gasteiger partial charge in [-0.3, -0.25) is 0 Å². The van der Waals surface area contributed by atoms with Crippen LogP contribution in [-0.2, 0) is 16.1 Å². The van der Waals surface area contributed by atoms with Crippen molar-refractivity contribution in [3.8, 4) is 5.75 Å². The predicted octanol–water partition coefficient (Wildman–Crippen LogP) is 6.91. The Bertz CT molecular complexity index is 1310. The summed E-state index contributed by atoms with van der Waals surface area (Å²) in [7, 11) is 0. The summed E-state index contributed by atoms with van der Waals surface area (Å²) in [6, 6.07) is 21.0. The second-order valence-electron chi connectivity index (χ2n) is 7.76. The predicted molar refractivity (Wildman–Crippen MR) is 137 cm³/mol. The summed E-state index contributed by atoms with van der Waals surface area (Å²) < 4.78 is 24.3. The Balaban J connectivity index is 1.65. The van der Waals surface area contributed by atoms with E-state index in [1.807, 2.05) is 55.5 Å². The van der Waals surface area contributed by atoms with Gasteiger partial charge < -0.3 is 14.6 Å². The van der Waals surface area contributed by atoms with Crippen molar-refractivity contribution in [3.05, 3.63) is 112 Å². The Morgan fingerprint density at radius 2 is 1.77 bits per heavy atom.